The van der Waals surface area contributed by atoms with Gasteiger partial charge in [0.05, 0.1) is 10.6 Å². The first kappa shape index (κ1) is 15.1. The molecule has 1 fully saturated rings. The van der Waals surface area contributed by atoms with Gasteiger partial charge in [-0.2, -0.15) is 0 Å². The van der Waals surface area contributed by atoms with Gasteiger partial charge < -0.3 is 10.6 Å². The summed E-state index contributed by atoms with van der Waals surface area (Å²) in [5, 5.41) is 6.64. The number of halogens is 1. The zero-order valence-electron chi connectivity index (χ0n) is 12.1. The number of carbonyl (C=O) groups excluding carboxylic acids is 1. The molecular weight excluding hydrogens is 274 g/mol. The molecule has 2 rings (SSSR count). The summed E-state index contributed by atoms with van der Waals surface area (Å²) in [6, 6.07) is 2.00. The van der Waals surface area contributed by atoms with E-state index in [0.29, 0.717) is 22.3 Å². The van der Waals surface area contributed by atoms with Gasteiger partial charge in [0.2, 0.25) is 0 Å². The predicted molar refractivity (Wildman–Crippen MR) is 82.3 cm³/mol. The van der Waals surface area contributed by atoms with Crippen molar-refractivity contribution in [2.24, 2.45) is 5.92 Å². The Morgan fingerprint density at radius 1 is 1.50 bits per heavy atom. The second-order valence-electron chi connectivity index (χ2n) is 5.56. The van der Waals surface area contributed by atoms with E-state index < -0.39 is 0 Å². The summed E-state index contributed by atoms with van der Waals surface area (Å²) < 4.78 is 0. The molecule has 1 aromatic heterocycles. The molecule has 1 heterocycles. The number of hydrogen-bond acceptors (Lipinski definition) is 3. The fraction of sp³-hybridized carbons (Fsp3) is 0.600. The molecule has 0 saturated heterocycles. The average molecular weight is 296 g/mol. The van der Waals surface area contributed by atoms with Gasteiger partial charge in [-0.25, -0.2) is 4.98 Å². The number of anilines is 1. The number of nitrogens with one attached hydrogen (secondary N) is 2. The quantitative estimate of drug-likeness (QED) is 0.874. The molecule has 0 aromatic carbocycles. The minimum atomic E-state index is -0.101. The van der Waals surface area contributed by atoms with Crippen LogP contribution in [0.4, 0.5) is 5.82 Å². The Morgan fingerprint density at radius 2 is 2.30 bits per heavy atom. The summed E-state index contributed by atoms with van der Waals surface area (Å²) in [5.41, 5.74) is 0.500. The van der Waals surface area contributed by atoms with Crippen LogP contribution in [-0.4, -0.2) is 23.5 Å². The molecule has 0 spiro atoms. The van der Waals surface area contributed by atoms with Gasteiger partial charge in [0.1, 0.15) is 5.82 Å². The van der Waals surface area contributed by atoms with E-state index in [0.717, 1.165) is 25.8 Å². The Balaban J connectivity index is 2.04. The largest absolute Gasteiger partial charge is 0.370 e. The highest BCUT2D eigenvalue weighted by molar-refractivity contribution is 6.33. The zero-order chi connectivity index (χ0) is 14.5. The molecule has 4 nitrogen and oxygen atoms in total. The summed E-state index contributed by atoms with van der Waals surface area (Å²) in [7, 11) is 0. The standard InChI is InChI=1S/C15H22ClN3O/c1-3-6-17-14-8-12(13(16)9-18-14)15(20)19-11-5-4-10(2)7-11/h8-11H,3-7H2,1-2H3,(H,17,18)(H,19,20). The summed E-state index contributed by atoms with van der Waals surface area (Å²) in [5.74, 6) is 1.28. The van der Waals surface area contributed by atoms with Crippen molar-refractivity contribution in [2.45, 2.75) is 45.6 Å². The number of hydrogen-bond donors (Lipinski definition) is 2. The van der Waals surface area contributed by atoms with Gasteiger partial charge in [0, 0.05) is 18.8 Å². The molecule has 0 radical (unpaired) electrons. The van der Waals surface area contributed by atoms with Crippen molar-refractivity contribution in [3.05, 3.63) is 22.8 Å². The summed E-state index contributed by atoms with van der Waals surface area (Å²) in [4.78, 5) is 16.5. The Labute approximate surface area is 125 Å². The van der Waals surface area contributed by atoms with Crippen molar-refractivity contribution >= 4 is 23.3 Å². The van der Waals surface area contributed by atoms with Crippen LogP contribution in [0.15, 0.2) is 12.3 Å². The minimum absolute atomic E-state index is 0.101. The zero-order valence-corrected chi connectivity index (χ0v) is 12.8. The van der Waals surface area contributed by atoms with Crippen molar-refractivity contribution in [3.8, 4) is 0 Å². The van der Waals surface area contributed by atoms with E-state index in [1.807, 2.05) is 0 Å². The van der Waals surface area contributed by atoms with Crippen molar-refractivity contribution < 1.29 is 4.79 Å². The molecule has 110 valence electrons. The molecule has 2 N–H and O–H groups in total. The highest BCUT2D eigenvalue weighted by Gasteiger charge is 2.24. The number of amides is 1. The Hall–Kier alpha value is -1.29. The predicted octanol–water partition coefficient (Wildman–Crippen LogP) is 3.48. The van der Waals surface area contributed by atoms with E-state index in [1.165, 1.54) is 12.6 Å². The molecule has 1 aliphatic rings. The highest BCUT2D eigenvalue weighted by Crippen LogP contribution is 2.25. The van der Waals surface area contributed by atoms with Crippen LogP contribution in [0.25, 0.3) is 0 Å². The summed E-state index contributed by atoms with van der Waals surface area (Å²) in [6.45, 7) is 5.13. The minimum Gasteiger partial charge on any atom is -0.370 e. The number of carbonyl (C=O) groups is 1. The van der Waals surface area contributed by atoms with E-state index in [-0.39, 0.29) is 11.9 Å². The van der Waals surface area contributed by atoms with Crippen molar-refractivity contribution in [2.75, 3.05) is 11.9 Å². The Kier molecular flexibility index (Phi) is 5.24. The van der Waals surface area contributed by atoms with Gasteiger partial charge in [-0.05, 0) is 37.7 Å². The molecule has 20 heavy (non-hydrogen) atoms. The topological polar surface area (TPSA) is 54.0 Å². The lowest BCUT2D eigenvalue weighted by molar-refractivity contribution is 0.0937. The number of rotatable bonds is 5. The van der Waals surface area contributed by atoms with E-state index >= 15 is 0 Å². The van der Waals surface area contributed by atoms with Crippen LogP contribution in [0.3, 0.4) is 0 Å². The molecule has 1 aliphatic carbocycles. The van der Waals surface area contributed by atoms with Crippen LogP contribution >= 0.6 is 11.6 Å². The average Bonchev–Trinajstić information content (AvgIpc) is 2.83. The lowest BCUT2D eigenvalue weighted by atomic mass is 10.1. The van der Waals surface area contributed by atoms with Crippen LogP contribution in [0.5, 0.6) is 0 Å². The third kappa shape index (κ3) is 3.85. The molecule has 2 atom stereocenters. The van der Waals surface area contributed by atoms with Crippen LogP contribution in [0.1, 0.15) is 49.9 Å². The summed E-state index contributed by atoms with van der Waals surface area (Å²) in [6.07, 6.45) is 5.82. The van der Waals surface area contributed by atoms with E-state index in [9.17, 15) is 4.79 Å². The van der Waals surface area contributed by atoms with Crippen LogP contribution in [0, 0.1) is 5.92 Å². The Bertz CT molecular complexity index is 478. The molecule has 2 unspecified atom stereocenters. The second-order valence-corrected chi connectivity index (χ2v) is 5.97. The van der Waals surface area contributed by atoms with Crippen molar-refractivity contribution in [1.82, 2.24) is 10.3 Å². The van der Waals surface area contributed by atoms with E-state index in [1.54, 1.807) is 6.07 Å². The summed E-state index contributed by atoms with van der Waals surface area (Å²) >= 11 is 6.09. The fourth-order valence-electron chi connectivity index (χ4n) is 2.56. The molecule has 1 saturated carbocycles. The van der Waals surface area contributed by atoms with Gasteiger partial charge in [0.25, 0.3) is 5.91 Å². The van der Waals surface area contributed by atoms with Crippen molar-refractivity contribution in [1.29, 1.82) is 0 Å². The molecule has 1 amide bonds. The van der Waals surface area contributed by atoms with Crippen LogP contribution in [0.2, 0.25) is 5.02 Å². The first-order chi connectivity index (χ1) is 9.60. The fourth-order valence-corrected chi connectivity index (χ4v) is 2.75. The Morgan fingerprint density at radius 3 is 2.95 bits per heavy atom. The van der Waals surface area contributed by atoms with E-state index in [4.69, 9.17) is 11.6 Å². The van der Waals surface area contributed by atoms with Gasteiger partial charge in [0.15, 0.2) is 0 Å². The maximum absolute atomic E-state index is 12.3. The monoisotopic (exact) mass is 295 g/mol. The number of aromatic nitrogens is 1. The van der Waals surface area contributed by atoms with E-state index in [2.05, 4.69) is 29.5 Å². The highest BCUT2D eigenvalue weighted by atomic mass is 35.5. The smallest absolute Gasteiger partial charge is 0.253 e. The third-order valence-corrected chi connectivity index (χ3v) is 3.99. The maximum atomic E-state index is 12.3. The molecule has 0 aliphatic heterocycles. The van der Waals surface area contributed by atoms with Crippen molar-refractivity contribution in [3.63, 3.8) is 0 Å². The maximum Gasteiger partial charge on any atom is 0.253 e. The first-order valence-electron chi connectivity index (χ1n) is 7.30. The number of pyridine rings is 1. The molecule has 5 heteroatoms. The lowest BCUT2D eigenvalue weighted by Crippen LogP contribution is -2.33. The molecular formula is C15H22ClN3O. The molecule has 1 aromatic rings. The molecule has 0 bridgehead atoms. The lowest BCUT2D eigenvalue weighted by Gasteiger charge is -2.14. The van der Waals surface area contributed by atoms with Gasteiger partial charge in [-0.1, -0.05) is 25.4 Å². The van der Waals surface area contributed by atoms with Gasteiger partial charge >= 0.3 is 0 Å². The number of nitrogens with zero attached hydrogens (tertiary/aromatic N) is 1. The second kappa shape index (κ2) is 6.93. The third-order valence-electron chi connectivity index (χ3n) is 3.69. The van der Waals surface area contributed by atoms with Crippen LogP contribution < -0.4 is 10.6 Å². The van der Waals surface area contributed by atoms with Gasteiger partial charge in [-0.3, -0.25) is 4.79 Å². The normalized spacial score (nSPS) is 21.8. The van der Waals surface area contributed by atoms with Gasteiger partial charge in [-0.15, -0.1) is 0 Å². The SMILES string of the molecule is CCCNc1cc(C(=O)NC2CCC(C)C2)c(Cl)cn1. The first-order valence-corrected chi connectivity index (χ1v) is 7.68. The van der Waals surface area contributed by atoms with Crippen LogP contribution in [-0.2, 0) is 0 Å².